The zero-order valence-electron chi connectivity index (χ0n) is 8.55. The summed E-state index contributed by atoms with van der Waals surface area (Å²) in [7, 11) is 0. The van der Waals surface area contributed by atoms with E-state index in [1.807, 2.05) is 12.2 Å². The van der Waals surface area contributed by atoms with Gasteiger partial charge < -0.3 is 1.43 Å². The van der Waals surface area contributed by atoms with E-state index in [2.05, 4.69) is 25.7 Å². The fraction of sp³-hybridized carbons (Fsp3) is 0.500. The minimum absolute atomic E-state index is 0. The van der Waals surface area contributed by atoms with E-state index in [4.69, 9.17) is 4.89 Å². The van der Waals surface area contributed by atoms with Crippen molar-refractivity contribution in [1.82, 2.24) is 0 Å². The predicted octanol–water partition coefficient (Wildman–Crippen LogP) is -0.492. The van der Waals surface area contributed by atoms with E-state index in [1.54, 1.807) is 0 Å². The summed E-state index contributed by atoms with van der Waals surface area (Å²) in [4.78, 5) is 9.58. The molecule has 0 aromatic carbocycles. The Labute approximate surface area is 111 Å². The molecule has 3 heteroatoms. The van der Waals surface area contributed by atoms with Crippen molar-refractivity contribution in [2.24, 2.45) is 5.41 Å². The number of hydrogen-bond acceptors (Lipinski definition) is 2. The first-order valence-electron chi connectivity index (χ1n) is 3.31. The number of rotatable bonds is 0. The van der Waals surface area contributed by atoms with Crippen molar-refractivity contribution >= 4 is 0 Å². The smallest absolute Gasteiger partial charge is 1.00 e. The van der Waals surface area contributed by atoms with Crippen molar-refractivity contribution in [2.75, 3.05) is 0 Å². The molecule has 0 atom stereocenters. The van der Waals surface area contributed by atoms with Crippen LogP contribution >= 0.6 is 0 Å². The summed E-state index contributed by atoms with van der Waals surface area (Å²) in [6, 6.07) is 0. The molecule has 2 nitrogen and oxygen atoms in total. The third-order valence-electron chi connectivity index (χ3n) is 1.26. The van der Waals surface area contributed by atoms with Crippen molar-refractivity contribution < 1.29 is 62.6 Å². The van der Waals surface area contributed by atoms with Crippen LogP contribution in [0.4, 0.5) is 0 Å². The third kappa shape index (κ3) is 3.76. The van der Waals surface area contributed by atoms with Gasteiger partial charge in [0.15, 0.2) is 5.76 Å². The first kappa shape index (κ1) is 11.7. The van der Waals surface area contributed by atoms with Crippen LogP contribution in [0.1, 0.15) is 22.2 Å². The minimum Gasteiger partial charge on any atom is -1.00 e. The summed E-state index contributed by atoms with van der Waals surface area (Å²) >= 11 is 0. The fourth-order valence-corrected chi connectivity index (χ4v) is 0.641. The first-order valence-corrected chi connectivity index (χ1v) is 3.31. The van der Waals surface area contributed by atoms with Crippen LogP contribution in [0.15, 0.2) is 24.2 Å². The Kier molecular flexibility index (Phi) is 4.98. The maximum Gasteiger partial charge on any atom is 1.00 e. The van der Waals surface area contributed by atoms with Crippen molar-refractivity contribution in [1.29, 1.82) is 0 Å². The molecule has 0 saturated carbocycles. The summed E-state index contributed by atoms with van der Waals surface area (Å²) in [5.74, 6) is 0.856. The zero-order chi connectivity index (χ0) is 7.61. The van der Waals surface area contributed by atoms with Gasteiger partial charge in [-0.25, -0.2) is 0 Å². The van der Waals surface area contributed by atoms with Crippen molar-refractivity contribution in [3.05, 3.63) is 24.2 Å². The molecule has 0 N–H and O–H groups in total. The Morgan fingerprint density at radius 3 is 2.27 bits per heavy atom. The van der Waals surface area contributed by atoms with Crippen LogP contribution in [-0.2, 0) is 9.78 Å². The van der Waals surface area contributed by atoms with Crippen LogP contribution in [-0.4, -0.2) is 0 Å². The van der Waals surface area contributed by atoms with Gasteiger partial charge in [-0.15, -0.1) is 0 Å². The molecule has 58 valence electrons. The molecule has 1 rings (SSSR count). The SMILES string of the molecule is CC(C)(C)C1=CC=COO1.[H-].[K+]. The van der Waals surface area contributed by atoms with E-state index >= 15 is 0 Å². The Morgan fingerprint density at radius 1 is 1.36 bits per heavy atom. The second-order valence-corrected chi connectivity index (χ2v) is 3.29. The second-order valence-electron chi connectivity index (χ2n) is 3.29. The van der Waals surface area contributed by atoms with Crippen molar-refractivity contribution in [2.45, 2.75) is 20.8 Å². The fourth-order valence-electron chi connectivity index (χ4n) is 0.641. The maximum atomic E-state index is 4.92. The van der Waals surface area contributed by atoms with E-state index in [-0.39, 0.29) is 58.2 Å². The van der Waals surface area contributed by atoms with Crippen LogP contribution in [0.2, 0.25) is 0 Å². The molecule has 1 aliphatic heterocycles. The normalized spacial score (nSPS) is 15.7. The van der Waals surface area contributed by atoms with Crippen LogP contribution in [0.25, 0.3) is 0 Å². The van der Waals surface area contributed by atoms with Gasteiger partial charge in [0.05, 0.1) is 0 Å². The van der Waals surface area contributed by atoms with Crippen molar-refractivity contribution in [3.63, 3.8) is 0 Å². The molecular formula is C8H13KO2. The molecule has 1 heterocycles. The molecule has 0 amide bonds. The molecule has 0 aromatic rings. The molecule has 0 saturated heterocycles. The van der Waals surface area contributed by atoms with E-state index in [9.17, 15) is 0 Å². The summed E-state index contributed by atoms with van der Waals surface area (Å²) in [5.41, 5.74) is 0.0325. The Morgan fingerprint density at radius 2 is 2.00 bits per heavy atom. The maximum absolute atomic E-state index is 4.92. The number of hydrogen-bond donors (Lipinski definition) is 0. The van der Waals surface area contributed by atoms with E-state index in [0.717, 1.165) is 5.76 Å². The molecular weight excluding hydrogens is 167 g/mol. The van der Waals surface area contributed by atoms with Gasteiger partial charge in [0.1, 0.15) is 6.26 Å². The second kappa shape index (κ2) is 4.67. The molecule has 0 unspecified atom stereocenters. The largest absolute Gasteiger partial charge is 1.00 e. The summed E-state index contributed by atoms with van der Waals surface area (Å²) in [6.45, 7) is 6.21. The molecule has 11 heavy (non-hydrogen) atoms. The molecule has 1 aliphatic rings. The molecule has 0 radical (unpaired) electrons. The minimum atomic E-state index is 0. The van der Waals surface area contributed by atoms with E-state index in [1.165, 1.54) is 6.26 Å². The third-order valence-corrected chi connectivity index (χ3v) is 1.26. The Hall–Kier alpha value is 0.716. The van der Waals surface area contributed by atoms with Gasteiger partial charge in [-0.3, -0.25) is 9.78 Å². The first-order chi connectivity index (χ1) is 4.61. The van der Waals surface area contributed by atoms with Crippen LogP contribution in [0, 0.1) is 5.41 Å². The average Bonchev–Trinajstić information content (AvgIpc) is 1.88. The zero-order valence-corrected chi connectivity index (χ0v) is 10.7. The molecule has 0 spiro atoms. The average molecular weight is 180 g/mol. The topological polar surface area (TPSA) is 18.5 Å². The summed E-state index contributed by atoms with van der Waals surface area (Å²) < 4.78 is 0. The van der Waals surface area contributed by atoms with Gasteiger partial charge in [0.25, 0.3) is 0 Å². The van der Waals surface area contributed by atoms with Gasteiger partial charge in [-0.05, 0) is 12.2 Å². The molecule has 0 aliphatic carbocycles. The Bertz CT molecular complexity index is 182. The van der Waals surface area contributed by atoms with Crippen LogP contribution in [0.3, 0.4) is 0 Å². The van der Waals surface area contributed by atoms with Gasteiger partial charge in [0.2, 0.25) is 0 Å². The van der Waals surface area contributed by atoms with Gasteiger partial charge in [0, 0.05) is 5.41 Å². The van der Waals surface area contributed by atoms with Gasteiger partial charge >= 0.3 is 51.4 Å². The van der Waals surface area contributed by atoms with Crippen LogP contribution < -0.4 is 51.4 Å². The molecule has 0 bridgehead atoms. The van der Waals surface area contributed by atoms with Gasteiger partial charge in [-0.2, -0.15) is 0 Å². The predicted molar refractivity (Wildman–Crippen MR) is 40.0 cm³/mol. The monoisotopic (exact) mass is 180 g/mol. The van der Waals surface area contributed by atoms with E-state index < -0.39 is 0 Å². The standard InChI is InChI=1S/C8H12O2.K.H/c1-8(2,3)7-5-4-6-9-10-7;;/h4-6H,1-3H3;;/q;+1;-1. The quantitative estimate of drug-likeness (QED) is 0.370. The van der Waals surface area contributed by atoms with Gasteiger partial charge in [-0.1, -0.05) is 20.8 Å². The Balaban J connectivity index is 0. The summed E-state index contributed by atoms with van der Waals surface area (Å²) in [6.07, 6.45) is 5.24. The molecule has 0 fully saturated rings. The molecule has 0 aromatic heterocycles. The van der Waals surface area contributed by atoms with E-state index in [0.29, 0.717) is 0 Å². The summed E-state index contributed by atoms with van der Waals surface area (Å²) in [5, 5.41) is 0. The van der Waals surface area contributed by atoms with Crippen LogP contribution in [0.5, 0.6) is 0 Å². The van der Waals surface area contributed by atoms with Crippen molar-refractivity contribution in [3.8, 4) is 0 Å². The number of allylic oxidation sites excluding steroid dienone is 3.